The number of aromatic nitrogens is 2. The van der Waals surface area contributed by atoms with Gasteiger partial charge >= 0.3 is 5.97 Å². The molecule has 1 heterocycles. The van der Waals surface area contributed by atoms with Gasteiger partial charge in [0.25, 0.3) is 0 Å². The predicted molar refractivity (Wildman–Crippen MR) is 64.6 cm³/mol. The van der Waals surface area contributed by atoms with E-state index in [0.717, 1.165) is 5.56 Å². The van der Waals surface area contributed by atoms with E-state index in [2.05, 4.69) is 9.97 Å². The first-order valence-corrected chi connectivity index (χ1v) is 5.41. The zero-order valence-electron chi connectivity index (χ0n) is 9.83. The topological polar surface area (TPSA) is 72.3 Å². The molecule has 92 valence electrons. The maximum absolute atomic E-state index is 10.5. The summed E-state index contributed by atoms with van der Waals surface area (Å²) in [6, 6.07) is 7.59. The van der Waals surface area contributed by atoms with Crippen LogP contribution in [-0.2, 0) is 11.2 Å². The highest BCUT2D eigenvalue weighted by atomic mass is 16.5. The van der Waals surface area contributed by atoms with Crippen LogP contribution in [0.1, 0.15) is 11.4 Å². The van der Waals surface area contributed by atoms with Crippen molar-refractivity contribution in [1.82, 2.24) is 9.97 Å². The SMILES string of the molecule is Cc1cccc(Oc2cnc(CC(=O)O)nc2)c1. The molecular weight excluding hydrogens is 232 g/mol. The molecule has 0 aliphatic heterocycles. The Morgan fingerprint density at radius 1 is 1.28 bits per heavy atom. The lowest BCUT2D eigenvalue weighted by atomic mass is 10.2. The van der Waals surface area contributed by atoms with E-state index < -0.39 is 5.97 Å². The third-order valence-corrected chi connectivity index (χ3v) is 2.22. The van der Waals surface area contributed by atoms with Gasteiger partial charge in [0.15, 0.2) is 5.75 Å². The molecule has 2 aromatic rings. The summed E-state index contributed by atoms with van der Waals surface area (Å²) < 4.78 is 5.55. The molecule has 0 saturated heterocycles. The second kappa shape index (κ2) is 5.27. The molecule has 0 atom stereocenters. The standard InChI is InChI=1S/C13H12N2O3/c1-9-3-2-4-10(5-9)18-11-7-14-12(15-8-11)6-13(16)17/h2-5,7-8H,6H2,1H3,(H,16,17). The first kappa shape index (κ1) is 12.0. The lowest BCUT2D eigenvalue weighted by molar-refractivity contribution is -0.136. The van der Waals surface area contributed by atoms with E-state index >= 15 is 0 Å². The third kappa shape index (κ3) is 3.28. The van der Waals surface area contributed by atoms with Gasteiger partial charge in [-0.25, -0.2) is 9.97 Å². The molecule has 0 aliphatic carbocycles. The molecule has 0 radical (unpaired) electrons. The van der Waals surface area contributed by atoms with Crippen LogP contribution in [0.25, 0.3) is 0 Å². The largest absolute Gasteiger partial charge is 0.481 e. The van der Waals surface area contributed by atoms with Gasteiger partial charge in [-0.3, -0.25) is 4.79 Å². The molecule has 0 unspecified atom stereocenters. The minimum absolute atomic E-state index is 0.190. The summed E-state index contributed by atoms with van der Waals surface area (Å²) >= 11 is 0. The molecule has 18 heavy (non-hydrogen) atoms. The summed E-state index contributed by atoms with van der Waals surface area (Å²) in [5, 5.41) is 8.59. The Bertz CT molecular complexity index is 552. The average Bonchev–Trinajstić information content (AvgIpc) is 2.31. The molecule has 0 aliphatic rings. The van der Waals surface area contributed by atoms with Gasteiger partial charge in [0.1, 0.15) is 18.0 Å². The van der Waals surface area contributed by atoms with Crippen molar-refractivity contribution in [2.75, 3.05) is 0 Å². The summed E-state index contributed by atoms with van der Waals surface area (Å²) in [6.45, 7) is 1.97. The lowest BCUT2D eigenvalue weighted by Gasteiger charge is -2.05. The summed E-state index contributed by atoms with van der Waals surface area (Å²) in [6.07, 6.45) is 2.74. The molecule has 0 spiro atoms. The Balaban J connectivity index is 2.08. The number of hydrogen-bond donors (Lipinski definition) is 1. The van der Waals surface area contributed by atoms with Crippen LogP contribution in [0.2, 0.25) is 0 Å². The fraction of sp³-hybridized carbons (Fsp3) is 0.154. The quantitative estimate of drug-likeness (QED) is 0.892. The van der Waals surface area contributed by atoms with Crippen LogP contribution in [0.5, 0.6) is 11.5 Å². The first-order chi connectivity index (χ1) is 8.63. The molecule has 1 aromatic heterocycles. The zero-order chi connectivity index (χ0) is 13.0. The molecule has 1 aromatic carbocycles. The van der Waals surface area contributed by atoms with Crippen molar-refractivity contribution >= 4 is 5.97 Å². The number of hydrogen-bond acceptors (Lipinski definition) is 4. The Labute approximate surface area is 104 Å². The van der Waals surface area contributed by atoms with E-state index in [0.29, 0.717) is 11.5 Å². The number of nitrogens with zero attached hydrogens (tertiary/aromatic N) is 2. The van der Waals surface area contributed by atoms with Crippen LogP contribution in [0.3, 0.4) is 0 Å². The van der Waals surface area contributed by atoms with Gasteiger partial charge in [0.2, 0.25) is 0 Å². The Morgan fingerprint density at radius 2 is 2.00 bits per heavy atom. The van der Waals surface area contributed by atoms with Crippen molar-refractivity contribution in [3.8, 4) is 11.5 Å². The van der Waals surface area contributed by atoms with Crippen LogP contribution in [0, 0.1) is 6.92 Å². The molecular formula is C13H12N2O3. The van der Waals surface area contributed by atoms with Gasteiger partial charge in [0.05, 0.1) is 12.4 Å². The molecule has 0 bridgehead atoms. The van der Waals surface area contributed by atoms with Crippen molar-refractivity contribution < 1.29 is 14.6 Å². The van der Waals surface area contributed by atoms with Crippen LogP contribution in [0.4, 0.5) is 0 Å². The second-order valence-corrected chi connectivity index (χ2v) is 3.82. The fourth-order valence-corrected chi connectivity index (χ4v) is 1.44. The van der Waals surface area contributed by atoms with E-state index in [9.17, 15) is 4.79 Å². The van der Waals surface area contributed by atoms with E-state index in [1.807, 2.05) is 31.2 Å². The summed E-state index contributed by atoms with van der Waals surface area (Å²) in [4.78, 5) is 18.3. The van der Waals surface area contributed by atoms with Crippen molar-refractivity contribution in [2.24, 2.45) is 0 Å². The molecule has 2 rings (SSSR count). The first-order valence-electron chi connectivity index (χ1n) is 5.41. The third-order valence-electron chi connectivity index (χ3n) is 2.22. The molecule has 5 nitrogen and oxygen atoms in total. The monoisotopic (exact) mass is 244 g/mol. The van der Waals surface area contributed by atoms with Gasteiger partial charge < -0.3 is 9.84 Å². The van der Waals surface area contributed by atoms with Gasteiger partial charge in [-0.05, 0) is 24.6 Å². The minimum atomic E-state index is -0.956. The number of benzene rings is 1. The number of rotatable bonds is 4. The number of aryl methyl sites for hydroxylation is 1. The maximum atomic E-state index is 10.5. The van der Waals surface area contributed by atoms with Crippen molar-refractivity contribution in [1.29, 1.82) is 0 Å². The van der Waals surface area contributed by atoms with Crippen molar-refractivity contribution in [2.45, 2.75) is 13.3 Å². The van der Waals surface area contributed by atoms with Crippen molar-refractivity contribution in [3.05, 3.63) is 48.0 Å². The van der Waals surface area contributed by atoms with Crippen LogP contribution in [-0.4, -0.2) is 21.0 Å². The summed E-state index contributed by atoms with van der Waals surface area (Å²) in [5.41, 5.74) is 1.09. The Kier molecular flexibility index (Phi) is 3.52. The highest BCUT2D eigenvalue weighted by molar-refractivity contribution is 5.68. The highest BCUT2D eigenvalue weighted by Crippen LogP contribution is 2.20. The number of carboxylic acid groups (broad SMARTS) is 1. The smallest absolute Gasteiger partial charge is 0.311 e. The van der Waals surface area contributed by atoms with E-state index in [1.165, 1.54) is 12.4 Å². The summed E-state index contributed by atoms with van der Waals surface area (Å²) in [5.74, 6) is 0.487. The zero-order valence-corrected chi connectivity index (χ0v) is 9.83. The molecule has 1 N–H and O–H groups in total. The normalized spacial score (nSPS) is 10.1. The van der Waals surface area contributed by atoms with Crippen LogP contribution in [0.15, 0.2) is 36.7 Å². The number of ether oxygens (including phenoxy) is 1. The van der Waals surface area contributed by atoms with Gasteiger partial charge in [0, 0.05) is 0 Å². The second-order valence-electron chi connectivity index (χ2n) is 3.82. The Hall–Kier alpha value is -2.43. The van der Waals surface area contributed by atoms with E-state index in [-0.39, 0.29) is 12.2 Å². The summed E-state index contributed by atoms with van der Waals surface area (Å²) in [7, 11) is 0. The maximum Gasteiger partial charge on any atom is 0.311 e. The van der Waals surface area contributed by atoms with Gasteiger partial charge in [-0.2, -0.15) is 0 Å². The number of carbonyl (C=O) groups is 1. The lowest BCUT2D eigenvalue weighted by Crippen LogP contribution is -2.04. The molecule has 0 amide bonds. The van der Waals surface area contributed by atoms with Crippen LogP contribution < -0.4 is 4.74 Å². The van der Waals surface area contributed by atoms with Crippen LogP contribution >= 0.6 is 0 Å². The Morgan fingerprint density at radius 3 is 2.61 bits per heavy atom. The molecule has 0 fully saturated rings. The molecule has 5 heteroatoms. The van der Waals surface area contributed by atoms with Gasteiger partial charge in [-0.15, -0.1) is 0 Å². The van der Waals surface area contributed by atoms with Gasteiger partial charge in [-0.1, -0.05) is 12.1 Å². The minimum Gasteiger partial charge on any atom is -0.481 e. The van der Waals surface area contributed by atoms with Crippen molar-refractivity contribution in [3.63, 3.8) is 0 Å². The number of aliphatic carboxylic acids is 1. The van der Waals surface area contributed by atoms with E-state index in [1.54, 1.807) is 0 Å². The molecule has 0 saturated carbocycles. The fourth-order valence-electron chi connectivity index (χ4n) is 1.44. The number of carboxylic acids is 1. The highest BCUT2D eigenvalue weighted by Gasteiger charge is 2.04. The average molecular weight is 244 g/mol. The van der Waals surface area contributed by atoms with E-state index in [4.69, 9.17) is 9.84 Å². The predicted octanol–water partition coefficient (Wildman–Crippen LogP) is 2.20.